The molecule has 0 aliphatic heterocycles. The molecule has 0 radical (unpaired) electrons. The molecule has 0 spiro atoms. The molecule has 0 bridgehead atoms. The number of ether oxygens (including phenoxy) is 1. The molecular weight excluding hydrogens is 354 g/mol. The van der Waals surface area contributed by atoms with Crippen LogP contribution in [-0.2, 0) is 17.6 Å². The van der Waals surface area contributed by atoms with E-state index < -0.39 is 6.10 Å². The lowest BCUT2D eigenvalue weighted by molar-refractivity contribution is -0.122. The summed E-state index contributed by atoms with van der Waals surface area (Å²) in [4.78, 5) is 12.3. The van der Waals surface area contributed by atoms with Gasteiger partial charge in [-0.2, -0.15) is 0 Å². The summed E-state index contributed by atoms with van der Waals surface area (Å²) in [5.74, 6) is 0.710. The number of amides is 1. The minimum atomic E-state index is -0.535. The fraction of sp³-hybridized carbons (Fsp3) is 0.316. The third-order valence-electron chi connectivity index (χ3n) is 4.14. The van der Waals surface area contributed by atoms with E-state index >= 15 is 0 Å². The molecule has 1 N–H and O–H groups in total. The summed E-state index contributed by atoms with van der Waals surface area (Å²) in [7, 11) is 0. The number of aryl methyl sites for hydroxylation is 1. The normalized spacial score (nSPS) is 14.7. The topological polar surface area (TPSA) is 38.3 Å². The SMILES string of the molecule is CC(Oc1cccc2c1CCCC2)C(=O)Nc1ccc(Br)cc1. The van der Waals surface area contributed by atoms with E-state index in [0.29, 0.717) is 0 Å². The summed E-state index contributed by atoms with van der Waals surface area (Å²) < 4.78 is 6.93. The van der Waals surface area contributed by atoms with Gasteiger partial charge in [-0.25, -0.2) is 0 Å². The lowest BCUT2D eigenvalue weighted by atomic mass is 9.91. The first-order valence-corrected chi connectivity index (χ1v) is 8.76. The zero-order valence-corrected chi connectivity index (χ0v) is 14.7. The second kappa shape index (κ2) is 7.18. The number of hydrogen-bond acceptors (Lipinski definition) is 2. The van der Waals surface area contributed by atoms with Crippen molar-refractivity contribution in [2.45, 2.75) is 38.7 Å². The van der Waals surface area contributed by atoms with E-state index in [2.05, 4.69) is 27.3 Å². The molecule has 1 amide bonds. The van der Waals surface area contributed by atoms with Crippen molar-refractivity contribution in [1.29, 1.82) is 0 Å². The quantitative estimate of drug-likeness (QED) is 0.840. The highest BCUT2D eigenvalue weighted by atomic mass is 79.9. The number of benzene rings is 2. The molecule has 23 heavy (non-hydrogen) atoms. The van der Waals surface area contributed by atoms with Gasteiger partial charge in [0.25, 0.3) is 5.91 Å². The number of hydrogen-bond donors (Lipinski definition) is 1. The lowest BCUT2D eigenvalue weighted by Crippen LogP contribution is -2.30. The predicted octanol–water partition coefficient (Wildman–Crippen LogP) is 4.73. The molecule has 1 atom stereocenters. The number of rotatable bonds is 4. The summed E-state index contributed by atoms with van der Waals surface area (Å²) in [5.41, 5.74) is 3.39. The van der Waals surface area contributed by atoms with Gasteiger partial charge in [0.15, 0.2) is 6.10 Å². The van der Waals surface area contributed by atoms with Crippen LogP contribution in [-0.4, -0.2) is 12.0 Å². The zero-order chi connectivity index (χ0) is 16.2. The van der Waals surface area contributed by atoms with Crippen LogP contribution < -0.4 is 10.1 Å². The van der Waals surface area contributed by atoms with Crippen LogP contribution in [0.25, 0.3) is 0 Å². The molecule has 1 unspecified atom stereocenters. The van der Waals surface area contributed by atoms with Crippen LogP contribution in [0.15, 0.2) is 46.9 Å². The van der Waals surface area contributed by atoms with Crippen LogP contribution in [0.4, 0.5) is 5.69 Å². The van der Waals surface area contributed by atoms with Crippen molar-refractivity contribution in [2.75, 3.05) is 5.32 Å². The summed E-state index contributed by atoms with van der Waals surface area (Å²) in [6.45, 7) is 1.79. The molecule has 120 valence electrons. The maximum absolute atomic E-state index is 12.3. The second-order valence-corrected chi connectivity index (χ2v) is 6.77. The van der Waals surface area contributed by atoms with Crippen LogP contribution in [0, 0.1) is 0 Å². The van der Waals surface area contributed by atoms with Crippen molar-refractivity contribution in [3.8, 4) is 5.75 Å². The van der Waals surface area contributed by atoms with Gasteiger partial charge in [-0.15, -0.1) is 0 Å². The number of anilines is 1. The van der Waals surface area contributed by atoms with Crippen molar-refractivity contribution >= 4 is 27.5 Å². The molecule has 0 heterocycles. The minimum Gasteiger partial charge on any atom is -0.481 e. The first-order valence-electron chi connectivity index (χ1n) is 7.97. The molecule has 2 aromatic rings. The van der Waals surface area contributed by atoms with Crippen LogP contribution in [0.1, 0.15) is 30.9 Å². The standard InChI is InChI=1S/C19H20BrNO2/c1-13(19(22)21-16-11-9-15(20)10-12-16)23-18-8-4-6-14-5-2-3-7-17(14)18/h4,6,8-13H,2-3,5,7H2,1H3,(H,21,22). The van der Waals surface area contributed by atoms with Crippen LogP contribution >= 0.6 is 15.9 Å². The molecule has 0 fully saturated rings. The number of carbonyl (C=O) groups is 1. The van der Waals surface area contributed by atoms with Crippen LogP contribution in [0.5, 0.6) is 5.75 Å². The van der Waals surface area contributed by atoms with Gasteiger partial charge < -0.3 is 10.1 Å². The summed E-state index contributed by atoms with van der Waals surface area (Å²) >= 11 is 3.38. The minimum absolute atomic E-state index is 0.138. The Morgan fingerprint density at radius 2 is 1.87 bits per heavy atom. The lowest BCUT2D eigenvalue weighted by Gasteiger charge is -2.22. The number of halogens is 1. The summed E-state index contributed by atoms with van der Waals surface area (Å²) in [5, 5.41) is 2.88. The van der Waals surface area contributed by atoms with Crippen molar-refractivity contribution in [2.24, 2.45) is 0 Å². The Kier molecular flexibility index (Phi) is 5.01. The predicted molar refractivity (Wildman–Crippen MR) is 95.9 cm³/mol. The Morgan fingerprint density at radius 3 is 2.65 bits per heavy atom. The second-order valence-electron chi connectivity index (χ2n) is 5.86. The first-order chi connectivity index (χ1) is 11.1. The van der Waals surface area contributed by atoms with Gasteiger partial charge in [-0.05, 0) is 74.1 Å². The largest absolute Gasteiger partial charge is 0.481 e. The third-order valence-corrected chi connectivity index (χ3v) is 4.67. The molecule has 1 aliphatic carbocycles. The highest BCUT2D eigenvalue weighted by Crippen LogP contribution is 2.30. The molecule has 3 nitrogen and oxygen atoms in total. The van der Waals surface area contributed by atoms with E-state index in [1.54, 1.807) is 6.92 Å². The van der Waals surface area contributed by atoms with E-state index in [-0.39, 0.29) is 5.91 Å². The van der Waals surface area contributed by atoms with E-state index in [9.17, 15) is 4.79 Å². The van der Waals surface area contributed by atoms with Crippen LogP contribution in [0.3, 0.4) is 0 Å². The Labute approximate surface area is 145 Å². The Morgan fingerprint density at radius 1 is 1.13 bits per heavy atom. The maximum atomic E-state index is 12.3. The highest BCUT2D eigenvalue weighted by molar-refractivity contribution is 9.10. The Balaban J connectivity index is 1.68. The third kappa shape index (κ3) is 3.94. The van der Waals surface area contributed by atoms with Gasteiger partial charge in [-0.1, -0.05) is 28.1 Å². The average molecular weight is 374 g/mol. The van der Waals surface area contributed by atoms with Crippen molar-refractivity contribution in [1.82, 2.24) is 0 Å². The van der Waals surface area contributed by atoms with Gasteiger partial charge in [0.05, 0.1) is 0 Å². The van der Waals surface area contributed by atoms with Gasteiger partial charge in [0, 0.05) is 10.2 Å². The van der Waals surface area contributed by atoms with Gasteiger partial charge in [-0.3, -0.25) is 4.79 Å². The van der Waals surface area contributed by atoms with Gasteiger partial charge in [0.1, 0.15) is 5.75 Å². The van der Waals surface area contributed by atoms with Crippen molar-refractivity contribution < 1.29 is 9.53 Å². The number of carbonyl (C=O) groups excluding carboxylic acids is 1. The molecule has 3 rings (SSSR count). The molecule has 2 aromatic carbocycles. The molecular formula is C19H20BrNO2. The fourth-order valence-electron chi connectivity index (χ4n) is 2.88. The van der Waals surface area contributed by atoms with Gasteiger partial charge >= 0.3 is 0 Å². The van der Waals surface area contributed by atoms with E-state index in [1.165, 1.54) is 24.0 Å². The van der Waals surface area contributed by atoms with Crippen LogP contribution in [0.2, 0.25) is 0 Å². The zero-order valence-electron chi connectivity index (χ0n) is 13.1. The average Bonchev–Trinajstić information content (AvgIpc) is 2.57. The maximum Gasteiger partial charge on any atom is 0.265 e. The Hall–Kier alpha value is -1.81. The first kappa shape index (κ1) is 16.1. The summed E-state index contributed by atoms with van der Waals surface area (Å²) in [6, 6.07) is 13.7. The Bertz CT molecular complexity index is 697. The van der Waals surface area contributed by atoms with E-state index in [4.69, 9.17) is 4.74 Å². The molecule has 1 aliphatic rings. The monoisotopic (exact) mass is 373 g/mol. The smallest absolute Gasteiger partial charge is 0.265 e. The molecule has 0 aromatic heterocycles. The fourth-order valence-corrected chi connectivity index (χ4v) is 3.14. The number of fused-ring (bicyclic) bond motifs is 1. The van der Waals surface area contributed by atoms with Crippen molar-refractivity contribution in [3.05, 3.63) is 58.1 Å². The van der Waals surface area contributed by atoms with E-state index in [0.717, 1.165) is 28.8 Å². The van der Waals surface area contributed by atoms with E-state index in [1.807, 2.05) is 36.4 Å². The molecule has 4 heteroatoms. The molecule has 0 saturated heterocycles. The number of nitrogens with one attached hydrogen (secondary N) is 1. The molecule has 0 saturated carbocycles. The van der Waals surface area contributed by atoms with Crippen molar-refractivity contribution in [3.63, 3.8) is 0 Å². The van der Waals surface area contributed by atoms with Gasteiger partial charge in [0.2, 0.25) is 0 Å². The highest BCUT2D eigenvalue weighted by Gasteiger charge is 2.19. The summed E-state index contributed by atoms with van der Waals surface area (Å²) in [6.07, 6.45) is 4.02.